The molecule has 0 amide bonds. The van der Waals surface area contributed by atoms with Gasteiger partial charge < -0.3 is 14.8 Å². The van der Waals surface area contributed by atoms with Crippen molar-refractivity contribution in [3.63, 3.8) is 0 Å². The highest BCUT2D eigenvalue weighted by molar-refractivity contribution is 5.52. The second-order valence-electron chi connectivity index (χ2n) is 3.41. The van der Waals surface area contributed by atoms with Crippen LogP contribution in [0, 0.1) is 0 Å². The number of oxazole rings is 1. The van der Waals surface area contributed by atoms with Gasteiger partial charge in [0.2, 0.25) is 5.89 Å². The van der Waals surface area contributed by atoms with Crippen molar-refractivity contribution in [3.8, 4) is 11.5 Å². The number of nitrogens with one attached hydrogen (secondary N) is 1. The lowest BCUT2D eigenvalue weighted by Crippen LogP contribution is -2.17. The minimum absolute atomic E-state index is 0.128. The van der Waals surface area contributed by atoms with Gasteiger partial charge in [-0.15, -0.1) is 0 Å². The molecule has 4 heteroatoms. The van der Waals surface area contributed by atoms with Crippen molar-refractivity contribution in [2.45, 2.75) is 6.54 Å². The Labute approximate surface area is 93.9 Å². The Balaban J connectivity index is 2.02. The average molecular weight is 218 g/mol. The van der Waals surface area contributed by atoms with Crippen LogP contribution < -0.4 is 5.32 Å². The number of hydrogen-bond donors (Lipinski definition) is 2. The van der Waals surface area contributed by atoms with Crippen LogP contribution in [0.15, 0.2) is 41.0 Å². The van der Waals surface area contributed by atoms with Crippen LogP contribution in [0.2, 0.25) is 0 Å². The van der Waals surface area contributed by atoms with E-state index in [1.54, 1.807) is 6.26 Å². The van der Waals surface area contributed by atoms with Crippen molar-refractivity contribution in [2.75, 3.05) is 13.2 Å². The van der Waals surface area contributed by atoms with Gasteiger partial charge in [-0.1, -0.05) is 18.2 Å². The van der Waals surface area contributed by atoms with Crippen LogP contribution in [0.1, 0.15) is 5.69 Å². The summed E-state index contributed by atoms with van der Waals surface area (Å²) in [5, 5.41) is 11.7. The molecule has 2 rings (SSSR count). The van der Waals surface area contributed by atoms with Crippen molar-refractivity contribution in [1.82, 2.24) is 10.3 Å². The number of hydrogen-bond acceptors (Lipinski definition) is 4. The fourth-order valence-corrected chi connectivity index (χ4v) is 1.40. The van der Waals surface area contributed by atoms with Crippen LogP contribution in [-0.4, -0.2) is 23.2 Å². The quantitative estimate of drug-likeness (QED) is 0.745. The summed E-state index contributed by atoms with van der Waals surface area (Å²) in [6.45, 7) is 1.30. The molecule has 84 valence electrons. The SMILES string of the molecule is OCCNCc1coc(-c2ccccc2)n1. The summed E-state index contributed by atoms with van der Waals surface area (Å²) in [5.74, 6) is 0.626. The third kappa shape index (κ3) is 2.68. The van der Waals surface area contributed by atoms with Crippen LogP contribution in [0.25, 0.3) is 11.5 Å². The molecule has 0 aliphatic carbocycles. The zero-order valence-corrected chi connectivity index (χ0v) is 8.89. The van der Waals surface area contributed by atoms with Gasteiger partial charge in [-0.3, -0.25) is 0 Å². The maximum absolute atomic E-state index is 8.62. The summed E-state index contributed by atoms with van der Waals surface area (Å²) in [7, 11) is 0. The van der Waals surface area contributed by atoms with Gasteiger partial charge >= 0.3 is 0 Å². The minimum atomic E-state index is 0.128. The van der Waals surface area contributed by atoms with Gasteiger partial charge in [0.15, 0.2) is 0 Å². The minimum Gasteiger partial charge on any atom is -0.444 e. The van der Waals surface area contributed by atoms with E-state index in [1.807, 2.05) is 30.3 Å². The lowest BCUT2D eigenvalue weighted by atomic mass is 10.2. The van der Waals surface area contributed by atoms with Crippen LogP contribution in [0.5, 0.6) is 0 Å². The first-order valence-electron chi connectivity index (χ1n) is 5.21. The molecule has 0 atom stereocenters. The molecule has 1 heterocycles. The average Bonchev–Trinajstić information content (AvgIpc) is 2.79. The molecule has 0 unspecified atom stereocenters. The highest BCUT2D eigenvalue weighted by atomic mass is 16.3. The van der Waals surface area contributed by atoms with Crippen LogP contribution in [0.4, 0.5) is 0 Å². The van der Waals surface area contributed by atoms with Gasteiger partial charge in [-0.05, 0) is 12.1 Å². The fourth-order valence-electron chi connectivity index (χ4n) is 1.40. The second-order valence-corrected chi connectivity index (χ2v) is 3.41. The first-order valence-corrected chi connectivity index (χ1v) is 5.21. The predicted molar refractivity (Wildman–Crippen MR) is 60.7 cm³/mol. The molecule has 4 nitrogen and oxygen atoms in total. The molecule has 16 heavy (non-hydrogen) atoms. The summed E-state index contributed by atoms with van der Waals surface area (Å²) < 4.78 is 5.37. The van der Waals surface area contributed by atoms with Crippen molar-refractivity contribution < 1.29 is 9.52 Å². The lowest BCUT2D eigenvalue weighted by Gasteiger charge is -1.96. The fraction of sp³-hybridized carbons (Fsp3) is 0.250. The zero-order chi connectivity index (χ0) is 11.2. The highest BCUT2D eigenvalue weighted by Crippen LogP contribution is 2.17. The van der Waals surface area contributed by atoms with Gasteiger partial charge in [0, 0.05) is 18.7 Å². The molecule has 2 N–H and O–H groups in total. The molecule has 1 aromatic carbocycles. The molecule has 2 aromatic rings. The molecule has 0 radical (unpaired) electrons. The normalized spacial score (nSPS) is 10.6. The van der Waals surface area contributed by atoms with E-state index in [0.29, 0.717) is 19.0 Å². The van der Waals surface area contributed by atoms with Crippen LogP contribution >= 0.6 is 0 Å². The second kappa shape index (κ2) is 5.44. The molecule has 0 spiro atoms. The number of rotatable bonds is 5. The van der Waals surface area contributed by atoms with Crippen molar-refractivity contribution in [2.24, 2.45) is 0 Å². The third-order valence-electron chi connectivity index (χ3n) is 2.17. The molecule has 0 aliphatic rings. The Morgan fingerprint density at radius 3 is 2.81 bits per heavy atom. The largest absolute Gasteiger partial charge is 0.444 e. The summed E-state index contributed by atoms with van der Waals surface area (Å²) >= 11 is 0. The Bertz CT molecular complexity index is 426. The summed E-state index contributed by atoms with van der Waals surface area (Å²) in [4.78, 5) is 4.34. The highest BCUT2D eigenvalue weighted by Gasteiger charge is 2.05. The van der Waals surface area contributed by atoms with Crippen molar-refractivity contribution in [1.29, 1.82) is 0 Å². The standard InChI is InChI=1S/C12H14N2O2/c15-7-6-13-8-11-9-16-12(14-11)10-4-2-1-3-5-10/h1-5,9,13,15H,6-8H2. The van der Waals surface area contributed by atoms with Gasteiger partial charge in [-0.2, -0.15) is 0 Å². The molecule has 1 aromatic heterocycles. The van der Waals surface area contributed by atoms with Crippen LogP contribution in [0.3, 0.4) is 0 Å². The Kier molecular flexibility index (Phi) is 3.69. The molecular formula is C12H14N2O2. The van der Waals surface area contributed by atoms with E-state index < -0.39 is 0 Å². The number of aliphatic hydroxyl groups is 1. The van der Waals surface area contributed by atoms with E-state index >= 15 is 0 Å². The first-order chi connectivity index (χ1) is 7.90. The Morgan fingerprint density at radius 2 is 2.06 bits per heavy atom. The number of benzene rings is 1. The first kappa shape index (κ1) is 10.9. The van der Waals surface area contributed by atoms with Crippen molar-refractivity contribution in [3.05, 3.63) is 42.3 Å². The predicted octanol–water partition coefficient (Wildman–Crippen LogP) is 1.42. The van der Waals surface area contributed by atoms with Crippen LogP contribution in [-0.2, 0) is 6.54 Å². The van der Waals surface area contributed by atoms with Gasteiger partial charge in [0.25, 0.3) is 0 Å². The number of aromatic nitrogens is 1. The Hall–Kier alpha value is -1.65. The van der Waals surface area contributed by atoms with Gasteiger partial charge in [0.05, 0.1) is 12.3 Å². The molecule has 0 saturated heterocycles. The third-order valence-corrected chi connectivity index (χ3v) is 2.17. The van der Waals surface area contributed by atoms with Crippen molar-refractivity contribution >= 4 is 0 Å². The molecule has 0 fully saturated rings. The lowest BCUT2D eigenvalue weighted by molar-refractivity contribution is 0.291. The number of nitrogens with zero attached hydrogens (tertiary/aromatic N) is 1. The summed E-state index contributed by atoms with van der Waals surface area (Å²) in [6, 6.07) is 9.76. The van der Waals surface area contributed by atoms with E-state index in [1.165, 1.54) is 0 Å². The summed E-state index contributed by atoms with van der Waals surface area (Å²) in [5.41, 5.74) is 1.81. The monoisotopic (exact) mass is 218 g/mol. The zero-order valence-electron chi connectivity index (χ0n) is 8.89. The van der Waals surface area contributed by atoms with Gasteiger partial charge in [0.1, 0.15) is 6.26 Å². The van der Waals surface area contributed by atoms with E-state index in [0.717, 1.165) is 11.3 Å². The molecule has 0 aliphatic heterocycles. The topological polar surface area (TPSA) is 58.3 Å². The van der Waals surface area contributed by atoms with Gasteiger partial charge in [-0.25, -0.2) is 4.98 Å². The Morgan fingerprint density at radius 1 is 1.25 bits per heavy atom. The van der Waals surface area contributed by atoms with E-state index in [-0.39, 0.29) is 6.61 Å². The van der Waals surface area contributed by atoms with E-state index in [9.17, 15) is 0 Å². The van der Waals surface area contributed by atoms with E-state index in [2.05, 4.69) is 10.3 Å². The molecule has 0 bridgehead atoms. The molecular weight excluding hydrogens is 204 g/mol. The number of aliphatic hydroxyl groups excluding tert-OH is 1. The summed E-state index contributed by atoms with van der Waals surface area (Å²) in [6.07, 6.45) is 1.63. The maximum atomic E-state index is 8.62. The maximum Gasteiger partial charge on any atom is 0.226 e. The smallest absolute Gasteiger partial charge is 0.226 e. The van der Waals surface area contributed by atoms with E-state index in [4.69, 9.17) is 9.52 Å². The molecule has 0 saturated carbocycles.